The van der Waals surface area contributed by atoms with Gasteiger partial charge in [0.15, 0.2) is 5.03 Å². The topological polar surface area (TPSA) is 71.1 Å². The number of nitrogens with one attached hydrogen (secondary N) is 2. The zero-order valence-corrected chi connectivity index (χ0v) is 10.1. The molecule has 0 aliphatic carbocycles. The van der Waals surface area contributed by atoms with Gasteiger partial charge in [-0.25, -0.2) is 18.1 Å². The van der Waals surface area contributed by atoms with Gasteiger partial charge in [0.2, 0.25) is 0 Å². The van der Waals surface area contributed by atoms with Crippen molar-refractivity contribution in [1.29, 1.82) is 0 Å². The molecular weight excluding hydrogens is 250 g/mol. The van der Waals surface area contributed by atoms with E-state index < -0.39 is 10.0 Å². The number of rotatable bonds is 3. The van der Waals surface area contributed by atoms with Gasteiger partial charge < -0.3 is 5.32 Å². The van der Waals surface area contributed by atoms with Gasteiger partial charge in [-0.2, -0.15) is 0 Å². The van der Waals surface area contributed by atoms with Crippen LogP contribution in [0.5, 0.6) is 0 Å². The second-order valence-electron chi connectivity index (χ2n) is 3.60. The van der Waals surface area contributed by atoms with E-state index >= 15 is 0 Å². The molecule has 1 aromatic heterocycles. The van der Waals surface area contributed by atoms with Crippen LogP contribution in [0.1, 0.15) is 6.42 Å². The fraction of sp³-hybridized carbons (Fsp3) is 0.444. The highest BCUT2D eigenvalue weighted by Gasteiger charge is 2.25. The van der Waals surface area contributed by atoms with E-state index in [0.29, 0.717) is 6.54 Å². The van der Waals surface area contributed by atoms with Gasteiger partial charge >= 0.3 is 0 Å². The SMILES string of the molecule is O=S(=O)(N[C@H]1CCNC1)c1ncccc1Cl. The Bertz CT molecular complexity index is 471. The Morgan fingerprint density at radius 2 is 2.38 bits per heavy atom. The molecule has 1 aromatic rings. The lowest BCUT2D eigenvalue weighted by atomic mass is 10.3. The number of aromatic nitrogens is 1. The van der Waals surface area contributed by atoms with Gasteiger partial charge in [-0.15, -0.1) is 0 Å². The first-order valence-electron chi connectivity index (χ1n) is 4.93. The maximum atomic E-state index is 11.9. The first-order valence-corrected chi connectivity index (χ1v) is 6.79. The van der Waals surface area contributed by atoms with E-state index in [0.717, 1.165) is 13.0 Å². The third-order valence-electron chi connectivity index (χ3n) is 2.36. The van der Waals surface area contributed by atoms with Crippen LogP contribution in [0.3, 0.4) is 0 Å². The summed E-state index contributed by atoms with van der Waals surface area (Å²) in [7, 11) is -3.61. The number of halogens is 1. The van der Waals surface area contributed by atoms with Crippen LogP contribution in [-0.4, -0.2) is 32.5 Å². The third-order valence-corrected chi connectivity index (χ3v) is 4.26. The van der Waals surface area contributed by atoms with Crippen molar-refractivity contribution in [3.63, 3.8) is 0 Å². The Hall–Kier alpha value is -0.690. The molecule has 1 aliphatic rings. The van der Waals surface area contributed by atoms with E-state index in [1.807, 2.05) is 0 Å². The Labute approximate surface area is 99.3 Å². The molecule has 0 unspecified atom stereocenters. The monoisotopic (exact) mass is 261 g/mol. The Morgan fingerprint density at radius 3 is 3.00 bits per heavy atom. The normalized spacial score (nSPS) is 21.2. The van der Waals surface area contributed by atoms with Crippen molar-refractivity contribution < 1.29 is 8.42 Å². The molecule has 1 fully saturated rings. The minimum absolute atomic E-state index is 0.0805. The molecule has 2 N–H and O–H groups in total. The summed E-state index contributed by atoms with van der Waals surface area (Å²) in [6.45, 7) is 1.47. The molecule has 0 aromatic carbocycles. The van der Waals surface area contributed by atoms with Crippen molar-refractivity contribution in [1.82, 2.24) is 15.0 Å². The molecule has 0 spiro atoms. The lowest BCUT2D eigenvalue weighted by molar-refractivity contribution is 0.556. The van der Waals surface area contributed by atoms with Crippen molar-refractivity contribution in [2.45, 2.75) is 17.5 Å². The standard InChI is InChI=1S/C9H12ClN3O2S/c10-8-2-1-4-12-9(8)16(14,15)13-7-3-5-11-6-7/h1-2,4,7,11,13H,3,5-6H2/t7-/m0/s1. The van der Waals surface area contributed by atoms with Gasteiger partial charge in [-0.3, -0.25) is 0 Å². The molecule has 1 aliphatic heterocycles. The number of hydrogen-bond donors (Lipinski definition) is 2. The molecule has 0 saturated carbocycles. The lowest BCUT2D eigenvalue weighted by Gasteiger charge is -2.11. The lowest BCUT2D eigenvalue weighted by Crippen LogP contribution is -2.36. The number of hydrogen-bond acceptors (Lipinski definition) is 4. The van der Waals surface area contributed by atoms with Crippen LogP contribution in [-0.2, 0) is 10.0 Å². The quantitative estimate of drug-likeness (QED) is 0.825. The van der Waals surface area contributed by atoms with Crippen LogP contribution in [0.25, 0.3) is 0 Å². The summed E-state index contributed by atoms with van der Waals surface area (Å²) in [6.07, 6.45) is 2.19. The Kier molecular flexibility index (Phi) is 3.44. The average molecular weight is 262 g/mol. The van der Waals surface area contributed by atoms with Crippen molar-refractivity contribution >= 4 is 21.6 Å². The largest absolute Gasteiger partial charge is 0.315 e. The zero-order chi connectivity index (χ0) is 11.6. The van der Waals surface area contributed by atoms with E-state index in [-0.39, 0.29) is 16.1 Å². The van der Waals surface area contributed by atoms with Crippen LogP contribution in [0.15, 0.2) is 23.4 Å². The maximum Gasteiger partial charge on any atom is 0.259 e. The summed E-state index contributed by atoms with van der Waals surface area (Å²) < 4.78 is 26.4. The van der Waals surface area contributed by atoms with Crippen molar-refractivity contribution in [3.05, 3.63) is 23.4 Å². The second kappa shape index (κ2) is 4.67. The molecule has 2 heterocycles. The van der Waals surface area contributed by atoms with Crippen LogP contribution in [0, 0.1) is 0 Å². The van der Waals surface area contributed by atoms with E-state index in [4.69, 9.17) is 11.6 Å². The smallest absolute Gasteiger partial charge is 0.259 e. The van der Waals surface area contributed by atoms with Crippen LogP contribution < -0.4 is 10.0 Å². The number of sulfonamides is 1. The van der Waals surface area contributed by atoms with Gasteiger partial charge in [0.25, 0.3) is 10.0 Å². The molecule has 5 nitrogen and oxygen atoms in total. The Balaban J connectivity index is 2.21. The summed E-state index contributed by atoms with van der Waals surface area (Å²) >= 11 is 5.80. The molecule has 16 heavy (non-hydrogen) atoms. The van der Waals surface area contributed by atoms with Gasteiger partial charge in [0.1, 0.15) is 0 Å². The molecule has 0 amide bonds. The molecule has 0 radical (unpaired) electrons. The average Bonchev–Trinajstić information content (AvgIpc) is 2.70. The first kappa shape index (κ1) is 11.8. The fourth-order valence-corrected chi connectivity index (χ4v) is 3.30. The Morgan fingerprint density at radius 1 is 1.56 bits per heavy atom. The predicted molar refractivity (Wildman–Crippen MR) is 60.8 cm³/mol. The predicted octanol–water partition coefficient (Wildman–Crippen LogP) is 0.375. The van der Waals surface area contributed by atoms with E-state index in [1.54, 1.807) is 6.07 Å². The highest BCUT2D eigenvalue weighted by Crippen LogP contribution is 2.18. The van der Waals surface area contributed by atoms with Gasteiger partial charge in [-0.1, -0.05) is 11.6 Å². The summed E-state index contributed by atoms with van der Waals surface area (Å²) in [6, 6.07) is 3.03. The van der Waals surface area contributed by atoms with Crippen LogP contribution in [0.4, 0.5) is 0 Å². The highest BCUT2D eigenvalue weighted by molar-refractivity contribution is 7.89. The molecule has 7 heteroatoms. The van der Waals surface area contributed by atoms with E-state index in [9.17, 15) is 8.42 Å². The highest BCUT2D eigenvalue weighted by atomic mass is 35.5. The third kappa shape index (κ3) is 2.52. The van der Waals surface area contributed by atoms with E-state index in [1.165, 1.54) is 12.3 Å². The van der Waals surface area contributed by atoms with Crippen molar-refractivity contribution in [2.75, 3.05) is 13.1 Å². The molecule has 0 bridgehead atoms. The minimum Gasteiger partial charge on any atom is -0.315 e. The van der Waals surface area contributed by atoms with Gasteiger partial charge in [0.05, 0.1) is 5.02 Å². The molecule has 88 valence electrons. The fourth-order valence-electron chi connectivity index (χ4n) is 1.60. The van der Waals surface area contributed by atoms with E-state index in [2.05, 4.69) is 15.0 Å². The summed E-state index contributed by atoms with van der Waals surface area (Å²) in [5, 5.41) is 3.11. The minimum atomic E-state index is -3.61. The van der Waals surface area contributed by atoms with Crippen molar-refractivity contribution in [2.24, 2.45) is 0 Å². The molecule has 1 saturated heterocycles. The van der Waals surface area contributed by atoms with Gasteiger partial charge in [-0.05, 0) is 25.1 Å². The summed E-state index contributed by atoms with van der Waals surface area (Å²) in [5.41, 5.74) is 0. The molecule has 1 atom stereocenters. The maximum absolute atomic E-state index is 11.9. The molecule has 2 rings (SSSR count). The molecular formula is C9H12ClN3O2S. The summed E-state index contributed by atoms with van der Waals surface area (Å²) in [4.78, 5) is 3.79. The van der Waals surface area contributed by atoms with Crippen LogP contribution >= 0.6 is 11.6 Å². The first-order chi connectivity index (χ1) is 7.59. The summed E-state index contributed by atoms with van der Waals surface area (Å²) in [5.74, 6) is 0. The number of pyridine rings is 1. The van der Waals surface area contributed by atoms with Crippen LogP contribution in [0.2, 0.25) is 5.02 Å². The zero-order valence-electron chi connectivity index (χ0n) is 8.48. The second-order valence-corrected chi connectivity index (χ2v) is 5.64. The number of nitrogens with zero attached hydrogens (tertiary/aromatic N) is 1. The van der Waals surface area contributed by atoms with Crippen molar-refractivity contribution in [3.8, 4) is 0 Å². The van der Waals surface area contributed by atoms with Gasteiger partial charge in [0, 0.05) is 18.8 Å².